The molecule has 0 unspecified atom stereocenters. The smallest absolute Gasteiger partial charge is 0.172 e. The Morgan fingerprint density at radius 3 is 2.92 bits per heavy atom. The topological polar surface area (TPSA) is 30.7 Å². The predicted molar refractivity (Wildman–Crippen MR) is 46.3 cm³/mol. The van der Waals surface area contributed by atoms with Crippen molar-refractivity contribution in [2.45, 2.75) is 0 Å². The van der Waals surface area contributed by atoms with E-state index < -0.39 is 5.82 Å². The molecule has 0 bridgehead atoms. The van der Waals surface area contributed by atoms with E-state index in [0.717, 1.165) is 6.20 Å². The van der Waals surface area contributed by atoms with E-state index in [9.17, 15) is 4.39 Å². The Labute approximate surface area is 78.8 Å². The standard InChI is InChI=1S/C8H5ClFN3/c9-7-2-1-3-11-8(7)13-5-6(10)4-12-13/h1-5H. The average molecular weight is 198 g/mol. The number of nitrogens with zero attached hydrogens (tertiary/aromatic N) is 3. The minimum Gasteiger partial charge on any atom is -0.236 e. The van der Waals surface area contributed by atoms with Gasteiger partial charge in [0, 0.05) is 6.20 Å². The number of halogens is 2. The van der Waals surface area contributed by atoms with Gasteiger partial charge in [0.05, 0.1) is 17.4 Å². The van der Waals surface area contributed by atoms with Crippen molar-refractivity contribution in [3.8, 4) is 5.82 Å². The average Bonchev–Trinajstić information content (AvgIpc) is 2.53. The summed E-state index contributed by atoms with van der Waals surface area (Å²) in [4.78, 5) is 3.96. The maximum absolute atomic E-state index is 12.6. The third-order valence-corrected chi connectivity index (χ3v) is 1.80. The highest BCUT2D eigenvalue weighted by molar-refractivity contribution is 6.32. The summed E-state index contributed by atoms with van der Waals surface area (Å²) in [6.45, 7) is 0. The largest absolute Gasteiger partial charge is 0.236 e. The van der Waals surface area contributed by atoms with Crippen LogP contribution in [0.15, 0.2) is 30.7 Å². The molecule has 0 aliphatic heterocycles. The second-order valence-electron chi connectivity index (χ2n) is 2.41. The maximum Gasteiger partial charge on any atom is 0.172 e. The monoisotopic (exact) mass is 197 g/mol. The molecule has 66 valence electrons. The van der Waals surface area contributed by atoms with Crippen LogP contribution in [-0.4, -0.2) is 14.8 Å². The summed E-state index contributed by atoms with van der Waals surface area (Å²) >= 11 is 5.82. The second-order valence-corrected chi connectivity index (χ2v) is 2.82. The summed E-state index contributed by atoms with van der Waals surface area (Å²) in [5.74, 6) is 0.00906. The van der Waals surface area contributed by atoms with Crippen LogP contribution in [0.1, 0.15) is 0 Å². The van der Waals surface area contributed by atoms with Gasteiger partial charge < -0.3 is 0 Å². The minimum atomic E-state index is -0.415. The lowest BCUT2D eigenvalue weighted by Gasteiger charge is -2.00. The zero-order valence-electron chi connectivity index (χ0n) is 6.48. The van der Waals surface area contributed by atoms with Gasteiger partial charge in [0.1, 0.15) is 0 Å². The SMILES string of the molecule is Fc1cnn(-c2ncccc2Cl)c1. The first-order valence-corrected chi connectivity index (χ1v) is 3.96. The van der Waals surface area contributed by atoms with Crippen LogP contribution in [0.4, 0.5) is 4.39 Å². The molecule has 0 N–H and O–H groups in total. The van der Waals surface area contributed by atoms with E-state index in [1.165, 1.54) is 10.9 Å². The molecular weight excluding hydrogens is 193 g/mol. The summed E-state index contributed by atoms with van der Waals surface area (Å²) < 4.78 is 13.9. The summed E-state index contributed by atoms with van der Waals surface area (Å²) in [6.07, 6.45) is 3.89. The minimum absolute atomic E-state index is 0.415. The first kappa shape index (κ1) is 8.19. The van der Waals surface area contributed by atoms with Crippen LogP contribution in [0.5, 0.6) is 0 Å². The number of rotatable bonds is 1. The Kier molecular flexibility index (Phi) is 1.98. The lowest BCUT2D eigenvalue weighted by Crippen LogP contribution is -1.97. The quantitative estimate of drug-likeness (QED) is 0.701. The fraction of sp³-hybridized carbons (Fsp3) is 0. The molecule has 2 heterocycles. The van der Waals surface area contributed by atoms with Crippen molar-refractivity contribution in [2.75, 3.05) is 0 Å². The van der Waals surface area contributed by atoms with Crippen LogP contribution in [0.3, 0.4) is 0 Å². The normalized spacial score (nSPS) is 10.3. The van der Waals surface area contributed by atoms with Crippen LogP contribution >= 0.6 is 11.6 Å². The zero-order chi connectivity index (χ0) is 9.26. The molecule has 0 atom stereocenters. The molecule has 0 fully saturated rings. The Hall–Kier alpha value is -1.42. The summed E-state index contributed by atoms with van der Waals surface area (Å²) in [5, 5.41) is 4.18. The summed E-state index contributed by atoms with van der Waals surface area (Å²) in [5.41, 5.74) is 0. The summed E-state index contributed by atoms with van der Waals surface area (Å²) in [7, 11) is 0. The van der Waals surface area contributed by atoms with Crippen LogP contribution in [0.2, 0.25) is 5.02 Å². The van der Waals surface area contributed by atoms with Crippen molar-refractivity contribution < 1.29 is 4.39 Å². The third kappa shape index (κ3) is 1.53. The third-order valence-electron chi connectivity index (χ3n) is 1.51. The second kappa shape index (κ2) is 3.14. The molecule has 0 spiro atoms. The predicted octanol–water partition coefficient (Wildman–Crippen LogP) is 2.06. The molecule has 0 saturated heterocycles. The van der Waals surface area contributed by atoms with Crippen molar-refractivity contribution in [3.05, 3.63) is 41.6 Å². The molecule has 0 radical (unpaired) electrons. The van der Waals surface area contributed by atoms with E-state index in [0.29, 0.717) is 10.8 Å². The van der Waals surface area contributed by atoms with Gasteiger partial charge >= 0.3 is 0 Å². The molecule has 0 saturated carbocycles. The van der Waals surface area contributed by atoms with Gasteiger partial charge in [-0.3, -0.25) is 0 Å². The highest BCUT2D eigenvalue weighted by Crippen LogP contribution is 2.15. The van der Waals surface area contributed by atoms with Crippen molar-refractivity contribution in [3.63, 3.8) is 0 Å². The lowest BCUT2D eigenvalue weighted by atomic mass is 10.4. The van der Waals surface area contributed by atoms with Crippen molar-refractivity contribution in [1.29, 1.82) is 0 Å². The van der Waals surface area contributed by atoms with Gasteiger partial charge in [-0.15, -0.1) is 0 Å². The van der Waals surface area contributed by atoms with Crippen molar-refractivity contribution in [2.24, 2.45) is 0 Å². The van der Waals surface area contributed by atoms with Gasteiger partial charge in [-0.2, -0.15) is 5.10 Å². The molecule has 2 aromatic rings. The zero-order valence-corrected chi connectivity index (χ0v) is 7.24. The van der Waals surface area contributed by atoms with E-state index in [1.807, 2.05) is 0 Å². The maximum atomic E-state index is 12.6. The van der Waals surface area contributed by atoms with Crippen LogP contribution in [0.25, 0.3) is 5.82 Å². The molecule has 0 aromatic carbocycles. The van der Waals surface area contributed by atoms with Gasteiger partial charge in [0.2, 0.25) is 0 Å². The van der Waals surface area contributed by atoms with Gasteiger partial charge in [-0.25, -0.2) is 14.1 Å². The Morgan fingerprint density at radius 1 is 1.46 bits per heavy atom. The van der Waals surface area contributed by atoms with E-state index in [1.54, 1.807) is 18.3 Å². The molecule has 13 heavy (non-hydrogen) atoms. The lowest BCUT2D eigenvalue weighted by molar-refractivity contribution is 0.627. The number of hydrogen-bond donors (Lipinski definition) is 0. The molecule has 2 aromatic heterocycles. The number of aromatic nitrogens is 3. The van der Waals surface area contributed by atoms with Crippen LogP contribution in [-0.2, 0) is 0 Å². The highest BCUT2D eigenvalue weighted by atomic mass is 35.5. The fourth-order valence-electron chi connectivity index (χ4n) is 0.963. The van der Waals surface area contributed by atoms with E-state index >= 15 is 0 Å². The first-order chi connectivity index (χ1) is 6.27. The summed E-state index contributed by atoms with van der Waals surface area (Å²) in [6, 6.07) is 3.37. The molecular formula is C8H5ClFN3. The Balaban J connectivity index is 2.52. The molecule has 5 heteroatoms. The fourth-order valence-corrected chi connectivity index (χ4v) is 1.17. The van der Waals surface area contributed by atoms with E-state index in [2.05, 4.69) is 10.1 Å². The van der Waals surface area contributed by atoms with E-state index in [4.69, 9.17) is 11.6 Å². The van der Waals surface area contributed by atoms with Gasteiger partial charge in [-0.1, -0.05) is 11.6 Å². The van der Waals surface area contributed by atoms with Crippen molar-refractivity contribution in [1.82, 2.24) is 14.8 Å². The number of hydrogen-bond acceptors (Lipinski definition) is 2. The number of pyridine rings is 1. The van der Waals surface area contributed by atoms with Crippen LogP contribution < -0.4 is 0 Å². The Morgan fingerprint density at radius 2 is 2.31 bits per heavy atom. The highest BCUT2D eigenvalue weighted by Gasteiger charge is 2.04. The Bertz CT molecular complexity index is 427. The molecule has 0 amide bonds. The van der Waals surface area contributed by atoms with Crippen molar-refractivity contribution >= 4 is 11.6 Å². The molecule has 0 aliphatic rings. The van der Waals surface area contributed by atoms with E-state index in [-0.39, 0.29) is 0 Å². The van der Waals surface area contributed by atoms with Gasteiger partial charge in [0.15, 0.2) is 11.6 Å². The van der Waals surface area contributed by atoms with Crippen LogP contribution in [0, 0.1) is 5.82 Å². The molecule has 0 aliphatic carbocycles. The molecule has 3 nitrogen and oxygen atoms in total. The van der Waals surface area contributed by atoms with Gasteiger partial charge in [0.25, 0.3) is 0 Å². The molecule has 2 rings (SSSR count). The van der Waals surface area contributed by atoms with Gasteiger partial charge in [-0.05, 0) is 12.1 Å². The first-order valence-electron chi connectivity index (χ1n) is 3.58.